The van der Waals surface area contributed by atoms with Gasteiger partial charge in [-0.25, -0.2) is 0 Å². The lowest BCUT2D eigenvalue weighted by Crippen LogP contribution is -2.18. The first kappa shape index (κ1) is 12.5. The van der Waals surface area contributed by atoms with E-state index in [1.807, 2.05) is 0 Å². The maximum Gasteiger partial charge on any atom is 0.0508 e. The van der Waals surface area contributed by atoms with Gasteiger partial charge >= 0.3 is 0 Å². The van der Waals surface area contributed by atoms with E-state index in [0.29, 0.717) is 6.54 Å². The van der Waals surface area contributed by atoms with Gasteiger partial charge in [0, 0.05) is 24.6 Å². The van der Waals surface area contributed by atoms with Crippen molar-refractivity contribution >= 4 is 21.6 Å². The van der Waals surface area contributed by atoms with Crippen molar-refractivity contribution in [2.45, 2.75) is 26.3 Å². The molecule has 15 heavy (non-hydrogen) atoms. The molecular weight excluding hydrogens is 252 g/mol. The predicted octanol–water partition coefficient (Wildman–Crippen LogP) is 3.14. The number of rotatable bonds is 5. The lowest BCUT2D eigenvalue weighted by Gasteiger charge is -2.20. The topological polar surface area (TPSA) is 29.3 Å². The zero-order valence-corrected chi connectivity index (χ0v) is 11.0. The van der Waals surface area contributed by atoms with E-state index in [2.05, 4.69) is 53.0 Å². The summed E-state index contributed by atoms with van der Waals surface area (Å²) < 4.78 is 1.13. The summed E-state index contributed by atoms with van der Waals surface area (Å²) in [5.41, 5.74) is 7.99. The van der Waals surface area contributed by atoms with Crippen LogP contribution in [0.15, 0.2) is 22.7 Å². The van der Waals surface area contributed by atoms with E-state index >= 15 is 0 Å². The molecule has 0 amide bonds. The molecule has 0 aliphatic carbocycles. The molecule has 84 valence electrons. The molecule has 0 fully saturated rings. The van der Waals surface area contributed by atoms with Crippen LogP contribution in [0.3, 0.4) is 0 Å². The highest BCUT2D eigenvalue weighted by Gasteiger charge is 2.05. The molecule has 0 aromatic heterocycles. The van der Waals surface area contributed by atoms with Gasteiger partial charge in [-0.15, -0.1) is 0 Å². The molecule has 2 N–H and O–H groups in total. The van der Waals surface area contributed by atoms with Gasteiger partial charge in [0.2, 0.25) is 0 Å². The SMILES string of the molecule is CCCCN(C)c1ccc(CN)cc1Br. The van der Waals surface area contributed by atoms with E-state index < -0.39 is 0 Å². The molecule has 0 radical (unpaired) electrons. The first-order valence-electron chi connectivity index (χ1n) is 5.38. The number of hydrogen-bond acceptors (Lipinski definition) is 2. The highest BCUT2D eigenvalue weighted by Crippen LogP contribution is 2.26. The average molecular weight is 271 g/mol. The highest BCUT2D eigenvalue weighted by molar-refractivity contribution is 9.10. The van der Waals surface area contributed by atoms with E-state index in [9.17, 15) is 0 Å². The van der Waals surface area contributed by atoms with Crippen LogP contribution in [0.25, 0.3) is 0 Å². The van der Waals surface area contributed by atoms with E-state index in [4.69, 9.17) is 5.73 Å². The van der Waals surface area contributed by atoms with Crippen LogP contribution in [0.5, 0.6) is 0 Å². The lowest BCUT2D eigenvalue weighted by molar-refractivity contribution is 0.765. The average Bonchev–Trinajstić information content (AvgIpc) is 2.25. The third-order valence-corrected chi connectivity index (χ3v) is 3.14. The fourth-order valence-electron chi connectivity index (χ4n) is 1.50. The molecular formula is C12H19BrN2. The Bertz CT molecular complexity index is 312. The normalized spacial score (nSPS) is 10.4. The molecule has 0 spiro atoms. The summed E-state index contributed by atoms with van der Waals surface area (Å²) >= 11 is 3.58. The largest absolute Gasteiger partial charge is 0.374 e. The predicted molar refractivity (Wildman–Crippen MR) is 70.2 cm³/mol. The van der Waals surface area contributed by atoms with Crippen molar-refractivity contribution in [1.82, 2.24) is 0 Å². The Hall–Kier alpha value is -0.540. The van der Waals surface area contributed by atoms with Gasteiger partial charge in [0.25, 0.3) is 0 Å². The minimum absolute atomic E-state index is 0.595. The fraction of sp³-hybridized carbons (Fsp3) is 0.500. The third kappa shape index (κ3) is 3.50. The van der Waals surface area contributed by atoms with Gasteiger partial charge in [0.05, 0.1) is 5.69 Å². The Labute approximate surface area is 101 Å². The minimum atomic E-state index is 0.595. The summed E-state index contributed by atoms with van der Waals surface area (Å²) in [6.07, 6.45) is 2.45. The minimum Gasteiger partial charge on any atom is -0.374 e. The number of nitrogens with two attached hydrogens (primary N) is 1. The van der Waals surface area contributed by atoms with Crippen LogP contribution < -0.4 is 10.6 Å². The summed E-state index contributed by atoms with van der Waals surface area (Å²) in [5.74, 6) is 0. The number of halogens is 1. The van der Waals surface area contributed by atoms with E-state index in [1.54, 1.807) is 0 Å². The van der Waals surface area contributed by atoms with Crippen molar-refractivity contribution in [2.24, 2.45) is 5.73 Å². The summed E-state index contributed by atoms with van der Waals surface area (Å²) in [6, 6.07) is 6.31. The molecule has 1 rings (SSSR count). The molecule has 1 aromatic rings. The van der Waals surface area contributed by atoms with E-state index in [-0.39, 0.29) is 0 Å². The second-order valence-electron chi connectivity index (χ2n) is 3.76. The number of hydrogen-bond donors (Lipinski definition) is 1. The van der Waals surface area contributed by atoms with Crippen LogP contribution >= 0.6 is 15.9 Å². The number of benzene rings is 1. The van der Waals surface area contributed by atoms with Gasteiger partial charge in [-0.2, -0.15) is 0 Å². The highest BCUT2D eigenvalue weighted by atomic mass is 79.9. The Morgan fingerprint density at radius 1 is 1.40 bits per heavy atom. The molecule has 2 nitrogen and oxygen atoms in total. The van der Waals surface area contributed by atoms with Crippen molar-refractivity contribution in [2.75, 3.05) is 18.5 Å². The lowest BCUT2D eigenvalue weighted by atomic mass is 10.2. The van der Waals surface area contributed by atoms with Crippen molar-refractivity contribution in [1.29, 1.82) is 0 Å². The first-order chi connectivity index (χ1) is 7.19. The number of unbranched alkanes of at least 4 members (excludes halogenated alkanes) is 1. The quantitative estimate of drug-likeness (QED) is 0.891. The summed E-state index contributed by atoms with van der Waals surface area (Å²) in [5, 5.41) is 0. The molecule has 3 heteroatoms. The van der Waals surface area contributed by atoms with Crippen molar-refractivity contribution < 1.29 is 0 Å². The first-order valence-corrected chi connectivity index (χ1v) is 6.18. The van der Waals surface area contributed by atoms with Crippen LogP contribution in [0.4, 0.5) is 5.69 Å². The molecule has 0 saturated heterocycles. The third-order valence-electron chi connectivity index (χ3n) is 2.51. The standard InChI is InChI=1S/C12H19BrN2/c1-3-4-7-15(2)12-6-5-10(9-14)8-11(12)13/h5-6,8H,3-4,7,9,14H2,1-2H3. The molecule has 0 aliphatic heterocycles. The molecule has 0 saturated carbocycles. The van der Waals surface area contributed by atoms with Crippen LogP contribution in [0.1, 0.15) is 25.3 Å². The zero-order valence-electron chi connectivity index (χ0n) is 9.46. The molecule has 0 aliphatic rings. The Kier molecular flexibility index (Phi) is 5.12. The van der Waals surface area contributed by atoms with Crippen molar-refractivity contribution in [3.8, 4) is 0 Å². The van der Waals surface area contributed by atoms with Crippen molar-refractivity contribution in [3.05, 3.63) is 28.2 Å². The van der Waals surface area contributed by atoms with Crippen LogP contribution in [0, 0.1) is 0 Å². The molecule has 0 heterocycles. The Balaban J connectivity index is 2.76. The van der Waals surface area contributed by atoms with E-state index in [0.717, 1.165) is 16.6 Å². The van der Waals surface area contributed by atoms with Gasteiger partial charge in [0.15, 0.2) is 0 Å². The molecule has 0 unspecified atom stereocenters. The second-order valence-corrected chi connectivity index (χ2v) is 4.62. The molecule has 0 atom stereocenters. The van der Waals surface area contributed by atoms with Gasteiger partial charge in [-0.05, 0) is 40.0 Å². The van der Waals surface area contributed by atoms with Gasteiger partial charge in [0.1, 0.15) is 0 Å². The summed E-state index contributed by atoms with van der Waals surface area (Å²) in [4.78, 5) is 2.27. The van der Waals surface area contributed by atoms with E-state index in [1.165, 1.54) is 18.5 Å². The number of nitrogens with zero attached hydrogens (tertiary/aromatic N) is 1. The van der Waals surface area contributed by atoms with Gasteiger partial charge in [-0.3, -0.25) is 0 Å². The summed E-state index contributed by atoms with van der Waals surface area (Å²) in [6.45, 7) is 3.90. The second kappa shape index (κ2) is 6.13. The Morgan fingerprint density at radius 3 is 2.67 bits per heavy atom. The van der Waals surface area contributed by atoms with Crippen LogP contribution in [-0.4, -0.2) is 13.6 Å². The van der Waals surface area contributed by atoms with Gasteiger partial charge in [-0.1, -0.05) is 19.4 Å². The number of anilines is 1. The fourth-order valence-corrected chi connectivity index (χ4v) is 2.23. The maximum atomic E-state index is 5.59. The summed E-state index contributed by atoms with van der Waals surface area (Å²) in [7, 11) is 2.12. The van der Waals surface area contributed by atoms with Crippen molar-refractivity contribution in [3.63, 3.8) is 0 Å². The van der Waals surface area contributed by atoms with Crippen LogP contribution in [-0.2, 0) is 6.54 Å². The monoisotopic (exact) mass is 270 g/mol. The zero-order chi connectivity index (χ0) is 11.3. The smallest absolute Gasteiger partial charge is 0.0508 e. The van der Waals surface area contributed by atoms with Crippen LogP contribution in [0.2, 0.25) is 0 Å². The molecule has 1 aromatic carbocycles. The Morgan fingerprint density at radius 2 is 2.13 bits per heavy atom. The molecule has 0 bridgehead atoms. The van der Waals surface area contributed by atoms with Gasteiger partial charge < -0.3 is 10.6 Å². The maximum absolute atomic E-state index is 5.59.